The summed E-state index contributed by atoms with van der Waals surface area (Å²) in [5.41, 5.74) is 1.69. The summed E-state index contributed by atoms with van der Waals surface area (Å²) in [6.07, 6.45) is 0. The molecule has 4 aromatic rings. The third-order valence-electron chi connectivity index (χ3n) is 3.92. The Morgan fingerprint density at radius 1 is 1.07 bits per heavy atom. The average Bonchev–Trinajstić information content (AvgIpc) is 3.09. The number of amides is 1. The number of nitrogens with one attached hydrogen (secondary N) is 1. The number of benzene rings is 2. The van der Waals surface area contributed by atoms with Crippen LogP contribution in [-0.4, -0.2) is 31.1 Å². The van der Waals surface area contributed by atoms with Gasteiger partial charge in [0.25, 0.3) is 11.5 Å². The van der Waals surface area contributed by atoms with Crippen molar-refractivity contribution in [3.05, 3.63) is 75.0 Å². The fourth-order valence-electron chi connectivity index (χ4n) is 2.58. The number of hydrogen-bond acceptors (Lipinski definition) is 7. The molecule has 0 atom stereocenters. The molecule has 0 fully saturated rings. The summed E-state index contributed by atoms with van der Waals surface area (Å²) in [5.74, 6) is -0.264. The Hall–Kier alpha value is -3.46. The summed E-state index contributed by atoms with van der Waals surface area (Å²) in [6.45, 7) is 2.09. The summed E-state index contributed by atoms with van der Waals surface area (Å²) < 4.78 is 1.31. The van der Waals surface area contributed by atoms with Gasteiger partial charge in [-0.3, -0.25) is 14.9 Å². The molecule has 1 amide bonds. The van der Waals surface area contributed by atoms with Crippen molar-refractivity contribution >= 4 is 33.3 Å². The lowest BCUT2D eigenvalue weighted by atomic mass is 10.1. The molecule has 0 radical (unpaired) electrons. The highest BCUT2D eigenvalue weighted by molar-refractivity contribution is 7.15. The quantitative estimate of drug-likeness (QED) is 0.584. The number of nitrogens with zero attached hydrogens (tertiary/aromatic N) is 5. The molecule has 0 bridgehead atoms. The first kappa shape index (κ1) is 17.0. The molecule has 4 rings (SSSR count). The van der Waals surface area contributed by atoms with Gasteiger partial charge in [-0.15, -0.1) is 15.3 Å². The molecule has 0 unspecified atom stereocenters. The van der Waals surface area contributed by atoms with Crippen molar-refractivity contribution in [2.24, 2.45) is 0 Å². The Labute approximate surface area is 157 Å². The molecule has 2 heterocycles. The van der Waals surface area contributed by atoms with Crippen LogP contribution in [0, 0.1) is 6.92 Å². The molecule has 0 spiro atoms. The molecule has 27 heavy (non-hydrogen) atoms. The predicted octanol–water partition coefficient (Wildman–Crippen LogP) is 2.25. The number of anilines is 1. The standard InChI is InChI=1S/C18H14N6O2S/c1-11-20-22-18(27-11)19-16(25)13-8-6-12(7-9-13)10-24-17(26)14-4-2-3-5-15(14)21-23-24/h2-9H,10H2,1H3,(H,19,22,25). The summed E-state index contributed by atoms with van der Waals surface area (Å²) >= 11 is 1.31. The van der Waals surface area contributed by atoms with Gasteiger partial charge in [-0.2, -0.15) is 0 Å². The van der Waals surface area contributed by atoms with Gasteiger partial charge in [-0.25, -0.2) is 4.68 Å². The van der Waals surface area contributed by atoms with Gasteiger partial charge < -0.3 is 0 Å². The highest BCUT2D eigenvalue weighted by atomic mass is 32.1. The Morgan fingerprint density at radius 3 is 2.59 bits per heavy atom. The van der Waals surface area contributed by atoms with Gasteiger partial charge in [0.15, 0.2) is 0 Å². The first-order chi connectivity index (χ1) is 13.1. The van der Waals surface area contributed by atoms with Gasteiger partial charge in [0.05, 0.1) is 11.9 Å². The van der Waals surface area contributed by atoms with Crippen molar-refractivity contribution in [2.75, 3.05) is 5.32 Å². The van der Waals surface area contributed by atoms with Gasteiger partial charge in [-0.05, 0) is 36.8 Å². The Bertz CT molecular complexity index is 1180. The molecule has 134 valence electrons. The first-order valence-electron chi connectivity index (χ1n) is 8.13. The van der Waals surface area contributed by atoms with E-state index in [2.05, 4.69) is 25.8 Å². The van der Waals surface area contributed by atoms with Crippen molar-refractivity contribution in [3.63, 3.8) is 0 Å². The zero-order valence-corrected chi connectivity index (χ0v) is 15.1. The van der Waals surface area contributed by atoms with Crippen LogP contribution in [0.4, 0.5) is 5.13 Å². The van der Waals surface area contributed by atoms with Gasteiger partial charge in [0.1, 0.15) is 10.5 Å². The zero-order chi connectivity index (χ0) is 18.8. The van der Waals surface area contributed by atoms with Crippen LogP contribution in [-0.2, 0) is 6.54 Å². The molecule has 2 aromatic carbocycles. The van der Waals surface area contributed by atoms with E-state index in [9.17, 15) is 9.59 Å². The number of carbonyl (C=O) groups excluding carboxylic acids is 1. The predicted molar refractivity (Wildman–Crippen MR) is 102 cm³/mol. The lowest BCUT2D eigenvalue weighted by molar-refractivity contribution is 0.102. The van der Waals surface area contributed by atoms with Crippen LogP contribution < -0.4 is 10.9 Å². The van der Waals surface area contributed by atoms with Crippen LogP contribution in [0.25, 0.3) is 10.9 Å². The minimum atomic E-state index is -0.264. The van der Waals surface area contributed by atoms with Crippen molar-refractivity contribution < 1.29 is 4.79 Å². The fraction of sp³-hybridized carbons (Fsp3) is 0.111. The second kappa shape index (κ2) is 7.04. The molecule has 8 nitrogen and oxygen atoms in total. The molecule has 2 aromatic heterocycles. The lowest BCUT2D eigenvalue weighted by Gasteiger charge is -2.06. The number of aryl methyl sites for hydroxylation is 1. The van der Waals surface area contributed by atoms with Crippen LogP contribution in [0.5, 0.6) is 0 Å². The maximum absolute atomic E-state index is 12.5. The lowest BCUT2D eigenvalue weighted by Crippen LogP contribution is -2.24. The van der Waals surface area contributed by atoms with Crippen LogP contribution in [0.3, 0.4) is 0 Å². The summed E-state index contributed by atoms with van der Waals surface area (Å²) in [6, 6.07) is 14.0. The van der Waals surface area contributed by atoms with E-state index in [0.717, 1.165) is 10.6 Å². The number of carbonyl (C=O) groups is 1. The largest absolute Gasteiger partial charge is 0.296 e. The summed E-state index contributed by atoms with van der Waals surface area (Å²) in [7, 11) is 0. The minimum absolute atomic E-state index is 0.200. The van der Waals surface area contributed by atoms with E-state index < -0.39 is 0 Å². The molecular formula is C18H14N6O2S. The molecule has 0 aliphatic heterocycles. The molecule has 0 saturated heterocycles. The topological polar surface area (TPSA) is 103 Å². The van der Waals surface area contributed by atoms with E-state index in [0.29, 0.717) is 21.6 Å². The monoisotopic (exact) mass is 378 g/mol. The van der Waals surface area contributed by atoms with Crippen LogP contribution in [0.15, 0.2) is 53.3 Å². The summed E-state index contributed by atoms with van der Waals surface area (Å²) in [5, 5.41) is 20.3. The summed E-state index contributed by atoms with van der Waals surface area (Å²) in [4.78, 5) is 24.7. The van der Waals surface area contributed by atoms with Gasteiger partial charge in [-0.1, -0.05) is 40.8 Å². The highest BCUT2D eigenvalue weighted by Crippen LogP contribution is 2.15. The normalized spacial score (nSPS) is 10.9. The van der Waals surface area contributed by atoms with Gasteiger partial charge in [0.2, 0.25) is 5.13 Å². The fourth-order valence-corrected chi connectivity index (χ4v) is 3.16. The molecular weight excluding hydrogens is 364 g/mol. The van der Waals surface area contributed by atoms with Gasteiger partial charge >= 0.3 is 0 Å². The zero-order valence-electron chi connectivity index (χ0n) is 14.3. The molecule has 9 heteroatoms. The van der Waals surface area contributed by atoms with E-state index in [4.69, 9.17) is 0 Å². The molecule has 0 aliphatic carbocycles. The van der Waals surface area contributed by atoms with Crippen molar-refractivity contribution in [1.82, 2.24) is 25.2 Å². The van der Waals surface area contributed by atoms with E-state index in [1.165, 1.54) is 16.0 Å². The van der Waals surface area contributed by atoms with E-state index >= 15 is 0 Å². The number of fused-ring (bicyclic) bond motifs is 1. The molecule has 0 aliphatic rings. The molecule has 0 saturated carbocycles. The second-order valence-corrected chi connectivity index (χ2v) is 7.03. The van der Waals surface area contributed by atoms with E-state index in [1.807, 2.05) is 13.0 Å². The number of hydrogen-bond donors (Lipinski definition) is 1. The van der Waals surface area contributed by atoms with Crippen molar-refractivity contribution in [2.45, 2.75) is 13.5 Å². The minimum Gasteiger partial charge on any atom is -0.296 e. The highest BCUT2D eigenvalue weighted by Gasteiger charge is 2.10. The van der Waals surface area contributed by atoms with E-state index in [-0.39, 0.29) is 18.0 Å². The maximum Gasteiger partial charge on any atom is 0.277 e. The number of aromatic nitrogens is 5. The SMILES string of the molecule is Cc1nnc(NC(=O)c2ccc(Cn3nnc4ccccc4c3=O)cc2)s1. The van der Waals surface area contributed by atoms with Gasteiger partial charge in [0, 0.05) is 5.56 Å². The van der Waals surface area contributed by atoms with Crippen molar-refractivity contribution in [3.8, 4) is 0 Å². The Kier molecular flexibility index (Phi) is 4.43. The van der Waals surface area contributed by atoms with Crippen molar-refractivity contribution in [1.29, 1.82) is 0 Å². The van der Waals surface area contributed by atoms with Crippen LogP contribution >= 0.6 is 11.3 Å². The second-order valence-electron chi connectivity index (χ2n) is 5.85. The van der Waals surface area contributed by atoms with Crippen LogP contribution in [0.2, 0.25) is 0 Å². The van der Waals surface area contributed by atoms with Crippen LogP contribution in [0.1, 0.15) is 20.9 Å². The average molecular weight is 378 g/mol. The smallest absolute Gasteiger partial charge is 0.277 e. The third-order valence-corrected chi connectivity index (χ3v) is 4.68. The first-order valence-corrected chi connectivity index (χ1v) is 8.95. The maximum atomic E-state index is 12.5. The number of rotatable bonds is 4. The Balaban J connectivity index is 1.52. The third kappa shape index (κ3) is 3.58. The van der Waals surface area contributed by atoms with E-state index in [1.54, 1.807) is 42.5 Å². The molecule has 1 N–H and O–H groups in total. The Morgan fingerprint density at radius 2 is 1.85 bits per heavy atom.